The van der Waals surface area contributed by atoms with E-state index >= 15 is 0 Å². The van der Waals surface area contributed by atoms with Gasteiger partial charge in [0.05, 0.1) is 43.3 Å². The molecule has 5 rings (SSSR count). The van der Waals surface area contributed by atoms with E-state index in [0.29, 0.717) is 45.1 Å². The molecule has 0 amide bonds. The molecule has 0 aliphatic carbocycles. The number of rotatable bonds is 9. The Morgan fingerprint density at radius 1 is 0.974 bits per heavy atom. The maximum atomic E-state index is 13.5. The fourth-order valence-corrected chi connectivity index (χ4v) is 4.06. The number of para-hydroxylation sites is 1. The second-order valence-corrected chi connectivity index (χ2v) is 8.30. The first-order valence-electron chi connectivity index (χ1n) is 12.1. The van der Waals surface area contributed by atoms with Crippen molar-refractivity contribution in [1.82, 2.24) is 9.66 Å². The van der Waals surface area contributed by atoms with E-state index in [1.54, 1.807) is 56.5 Å². The van der Waals surface area contributed by atoms with E-state index in [1.807, 2.05) is 24.3 Å². The Bertz CT molecular complexity index is 1750. The van der Waals surface area contributed by atoms with Gasteiger partial charge in [-0.2, -0.15) is 9.78 Å². The Labute approximate surface area is 223 Å². The number of methoxy groups -OCH3 is 2. The van der Waals surface area contributed by atoms with Gasteiger partial charge in [0.1, 0.15) is 11.3 Å². The third kappa shape index (κ3) is 5.17. The number of ether oxygens (including phenoxy) is 4. The predicted octanol–water partition coefficient (Wildman–Crippen LogP) is 4.65. The molecule has 2 heterocycles. The highest BCUT2D eigenvalue weighted by molar-refractivity contribution is 5.88. The maximum Gasteiger partial charge on any atom is 0.344 e. The lowest BCUT2D eigenvalue weighted by atomic mass is 10.2. The highest BCUT2D eigenvalue weighted by Gasteiger charge is 2.18. The van der Waals surface area contributed by atoms with Gasteiger partial charge in [0.15, 0.2) is 23.9 Å². The van der Waals surface area contributed by atoms with Crippen LogP contribution < -0.4 is 19.8 Å². The molecule has 5 aromatic rings. The van der Waals surface area contributed by atoms with Crippen molar-refractivity contribution in [2.75, 3.05) is 27.4 Å². The molecule has 0 fully saturated rings. The summed E-state index contributed by atoms with van der Waals surface area (Å²) in [6.45, 7) is 1.74. The van der Waals surface area contributed by atoms with Gasteiger partial charge >= 0.3 is 5.97 Å². The first-order chi connectivity index (χ1) is 19.0. The van der Waals surface area contributed by atoms with Crippen LogP contribution in [0.5, 0.6) is 17.2 Å². The number of hydrogen-bond acceptors (Lipinski definition) is 9. The quantitative estimate of drug-likeness (QED) is 0.201. The molecule has 3 aromatic carbocycles. The Morgan fingerprint density at radius 3 is 2.59 bits per heavy atom. The van der Waals surface area contributed by atoms with Gasteiger partial charge in [-0.3, -0.25) is 4.79 Å². The predicted molar refractivity (Wildman–Crippen MR) is 146 cm³/mol. The topological polar surface area (TPSA) is 114 Å². The van der Waals surface area contributed by atoms with Crippen LogP contribution in [-0.4, -0.2) is 49.3 Å². The molecule has 39 heavy (non-hydrogen) atoms. The average Bonchev–Trinajstić information content (AvgIpc) is 3.40. The second kappa shape index (κ2) is 11.1. The van der Waals surface area contributed by atoms with Gasteiger partial charge in [-0.15, -0.1) is 0 Å². The monoisotopic (exact) mass is 527 g/mol. The minimum atomic E-state index is -0.482. The lowest BCUT2D eigenvalue weighted by Crippen LogP contribution is -2.20. The fraction of sp³-hybridized carbons (Fsp3) is 0.172. The number of carbonyl (C=O) groups is 1. The van der Waals surface area contributed by atoms with Crippen LogP contribution in [0.15, 0.2) is 81.0 Å². The van der Waals surface area contributed by atoms with Crippen molar-refractivity contribution in [3.05, 3.63) is 82.6 Å². The van der Waals surface area contributed by atoms with Gasteiger partial charge in [-0.05, 0) is 61.0 Å². The molecule has 10 nitrogen and oxygen atoms in total. The maximum absolute atomic E-state index is 13.5. The second-order valence-electron chi connectivity index (χ2n) is 8.30. The van der Waals surface area contributed by atoms with Crippen molar-refractivity contribution in [2.45, 2.75) is 6.92 Å². The number of fused-ring (bicyclic) bond motifs is 2. The molecule has 0 radical (unpaired) electrons. The molecule has 0 aliphatic heterocycles. The van der Waals surface area contributed by atoms with Gasteiger partial charge in [0, 0.05) is 0 Å². The Hall–Kier alpha value is -5.12. The number of aromatic nitrogens is 2. The molecular formula is C29H25N3O7. The van der Waals surface area contributed by atoms with Crippen LogP contribution in [-0.2, 0) is 9.53 Å². The number of hydrogen-bond donors (Lipinski definition) is 0. The van der Waals surface area contributed by atoms with Gasteiger partial charge < -0.3 is 23.4 Å². The normalized spacial score (nSPS) is 11.3. The van der Waals surface area contributed by atoms with E-state index in [1.165, 1.54) is 18.0 Å². The van der Waals surface area contributed by atoms with Crippen LogP contribution in [0, 0.1) is 0 Å². The van der Waals surface area contributed by atoms with Gasteiger partial charge in [-0.1, -0.05) is 18.2 Å². The molecule has 198 valence electrons. The van der Waals surface area contributed by atoms with Crippen LogP contribution >= 0.6 is 0 Å². The lowest BCUT2D eigenvalue weighted by molar-refractivity contribution is -0.145. The third-order valence-corrected chi connectivity index (χ3v) is 5.88. The van der Waals surface area contributed by atoms with E-state index in [4.69, 9.17) is 28.3 Å². The molecule has 0 saturated heterocycles. The van der Waals surface area contributed by atoms with Gasteiger partial charge in [0.2, 0.25) is 5.82 Å². The number of furan rings is 1. The number of esters is 1. The van der Waals surface area contributed by atoms with Crippen molar-refractivity contribution in [2.24, 2.45) is 5.10 Å². The zero-order valence-corrected chi connectivity index (χ0v) is 21.5. The summed E-state index contributed by atoms with van der Waals surface area (Å²) in [5.74, 6) is 1.49. The SMILES string of the molecule is CCOC(=O)COc1ccc(C=Nn2c(-c3cc4c(OC)cccc4o3)nc3ccccc3c2=O)cc1OC. The molecule has 0 N–H and O–H groups in total. The largest absolute Gasteiger partial charge is 0.496 e. The lowest BCUT2D eigenvalue weighted by Gasteiger charge is -2.11. The summed E-state index contributed by atoms with van der Waals surface area (Å²) in [6.07, 6.45) is 1.50. The van der Waals surface area contributed by atoms with E-state index in [0.717, 1.165) is 5.39 Å². The summed E-state index contributed by atoms with van der Waals surface area (Å²) in [6, 6.07) is 19.3. The first kappa shape index (κ1) is 25.5. The average molecular weight is 528 g/mol. The minimum Gasteiger partial charge on any atom is -0.496 e. The third-order valence-electron chi connectivity index (χ3n) is 5.88. The fourth-order valence-electron chi connectivity index (χ4n) is 4.06. The Morgan fingerprint density at radius 2 is 1.79 bits per heavy atom. The molecular weight excluding hydrogens is 502 g/mol. The molecule has 0 unspecified atom stereocenters. The van der Waals surface area contributed by atoms with Crippen molar-refractivity contribution in [3.63, 3.8) is 0 Å². The van der Waals surface area contributed by atoms with E-state index in [2.05, 4.69) is 5.10 Å². The molecule has 0 saturated carbocycles. The summed E-state index contributed by atoms with van der Waals surface area (Å²) in [4.78, 5) is 29.9. The van der Waals surface area contributed by atoms with Crippen molar-refractivity contribution in [3.8, 4) is 28.8 Å². The molecule has 0 atom stereocenters. The number of nitrogens with zero attached hydrogens (tertiary/aromatic N) is 3. The van der Waals surface area contributed by atoms with Crippen molar-refractivity contribution < 1.29 is 28.2 Å². The summed E-state index contributed by atoms with van der Waals surface area (Å²) in [5, 5.41) is 5.63. The zero-order chi connectivity index (χ0) is 27.4. The molecule has 0 spiro atoms. The molecule has 2 aromatic heterocycles. The number of benzene rings is 3. The standard InChI is InChI=1S/C29H25N3O7/c1-4-37-27(33)17-38-24-13-12-18(14-25(24)36-3)16-30-32-28(31-21-9-6-5-8-19(21)29(32)34)26-15-20-22(35-2)10-7-11-23(20)39-26/h5-16H,4,17H2,1-3H3. The van der Waals surface area contributed by atoms with Crippen molar-refractivity contribution in [1.29, 1.82) is 0 Å². The van der Waals surface area contributed by atoms with E-state index in [-0.39, 0.29) is 24.6 Å². The Balaban J connectivity index is 1.56. The van der Waals surface area contributed by atoms with Crippen LogP contribution in [0.2, 0.25) is 0 Å². The molecule has 10 heteroatoms. The highest BCUT2D eigenvalue weighted by atomic mass is 16.6. The summed E-state index contributed by atoms with van der Waals surface area (Å²) >= 11 is 0. The molecule has 0 aliphatic rings. The Kier molecular flexibility index (Phi) is 7.26. The zero-order valence-electron chi connectivity index (χ0n) is 21.5. The smallest absolute Gasteiger partial charge is 0.344 e. The van der Waals surface area contributed by atoms with E-state index in [9.17, 15) is 9.59 Å². The van der Waals surface area contributed by atoms with Crippen LogP contribution in [0.3, 0.4) is 0 Å². The minimum absolute atomic E-state index is 0.231. The van der Waals surface area contributed by atoms with Crippen LogP contribution in [0.25, 0.3) is 33.5 Å². The highest BCUT2D eigenvalue weighted by Crippen LogP contribution is 2.33. The van der Waals surface area contributed by atoms with E-state index < -0.39 is 5.97 Å². The van der Waals surface area contributed by atoms with Gasteiger partial charge in [0.25, 0.3) is 5.56 Å². The van der Waals surface area contributed by atoms with Gasteiger partial charge in [-0.25, -0.2) is 9.78 Å². The number of carbonyl (C=O) groups excluding carboxylic acids is 1. The van der Waals surface area contributed by atoms with Crippen LogP contribution in [0.4, 0.5) is 0 Å². The van der Waals surface area contributed by atoms with Crippen molar-refractivity contribution >= 4 is 34.1 Å². The first-order valence-corrected chi connectivity index (χ1v) is 12.1. The summed E-state index contributed by atoms with van der Waals surface area (Å²) < 4.78 is 28.5. The summed E-state index contributed by atoms with van der Waals surface area (Å²) in [5.41, 5.74) is 1.36. The summed E-state index contributed by atoms with van der Waals surface area (Å²) in [7, 11) is 3.07. The van der Waals surface area contributed by atoms with Crippen LogP contribution in [0.1, 0.15) is 12.5 Å². The molecule has 0 bridgehead atoms.